The van der Waals surface area contributed by atoms with E-state index in [4.69, 9.17) is 0 Å². The predicted molar refractivity (Wildman–Crippen MR) is 81.8 cm³/mol. The Kier molecular flexibility index (Phi) is 7.66. The zero-order chi connectivity index (χ0) is 13.4. The number of H-pyrrole nitrogens is 1. The molecule has 0 saturated heterocycles. The molecule has 1 rings (SSSR count). The van der Waals surface area contributed by atoms with Crippen molar-refractivity contribution in [1.29, 1.82) is 0 Å². The van der Waals surface area contributed by atoms with Crippen molar-refractivity contribution in [1.82, 2.24) is 9.97 Å². The lowest BCUT2D eigenvalue weighted by Gasteiger charge is -2.08. The molecule has 0 fully saturated rings. The Morgan fingerprint density at radius 2 is 2.28 bits per heavy atom. The molecule has 0 aliphatic rings. The average Bonchev–Trinajstić information content (AvgIpc) is 2.29. The van der Waals surface area contributed by atoms with Gasteiger partial charge in [0, 0.05) is 22.8 Å². The van der Waals surface area contributed by atoms with E-state index in [1.54, 1.807) is 17.8 Å². The van der Waals surface area contributed by atoms with Crippen LogP contribution in [0.1, 0.15) is 38.8 Å². The highest BCUT2D eigenvalue weighted by molar-refractivity contribution is 9.09. The molecule has 0 aliphatic carbocycles. The molecule has 3 nitrogen and oxygen atoms in total. The molecule has 1 heterocycles. The van der Waals surface area contributed by atoms with Crippen molar-refractivity contribution < 1.29 is 0 Å². The van der Waals surface area contributed by atoms with Crippen LogP contribution in [0.5, 0.6) is 0 Å². The molecule has 102 valence electrons. The van der Waals surface area contributed by atoms with E-state index in [0.29, 0.717) is 5.92 Å². The monoisotopic (exact) mass is 332 g/mol. The molecule has 0 aliphatic heterocycles. The van der Waals surface area contributed by atoms with Crippen molar-refractivity contribution >= 4 is 27.7 Å². The first-order valence-corrected chi connectivity index (χ1v) is 8.55. The highest BCUT2D eigenvalue weighted by Crippen LogP contribution is 2.18. The van der Waals surface area contributed by atoms with E-state index in [2.05, 4.69) is 39.7 Å². The van der Waals surface area contributed by atoms with Gasteiger partial charge in [-0.2, -0.15) is 0 Å². The van der Waals surface area contributed by atoms with Gasteiger partial charge in [0.05, 0.1) is 0 Å². The summed E-state index contributed by atoms with van der Waals surface area (Å²) in [6.07, 6.45) is 4.23. The van der Waals surface area contributed by atoms with E-state index in [1.807, 2.05) is 0 Å². The first kappa shape index (κ1) is 15.8. The van der Waals surface area contributed by atoms with Gasteiger partial charge >= 0.3 is 0 Å². The quantitative estimate of drug-likeness (QED) is 0.449. The van der Waals surface area contributed by atoms with Crippen molar-refractivity contribution in [3.05, 3.63) is 22.1 Å². The van der Waals surface area contributed by atoms with Crippen molar-refractivity contribution in [3.8, 4) is 0 Å². The number of alkyl halides is 1. The van der Waals surface area contributed by atoms with Gasteiger partial charge in [-0.05, 0) is 25.2 Å². The largest absolute Gasteiger partial charge is 0.301 e. The Labute approximate surface area is 121 Å². The van der Waals surface area contributed by atoms with Crippen LogP contribution < -0.4 is 5.56 Å². The molecule has 0 saturated carbocycles. The standard InChI is InChI=1S/C13H21BrN2OS/c1-3-4-11-9-12(17)16-13(15-11)18-8-6-10(2)5-7-14/h9-10H,3-8H2,1-2H3,(H,15,16,17). The first-order valence-electron chi connectivity index (χ1n) is 6.44. The van der Waals surface area contributed by atoms with Gasteiger partial charge in [-0.25, -0.2) is 4.98 Å². The van der Waals surface area contributed by atoms with Crippen LogP contribution >= 0.6 is 27.7 Å². The SMILES string of the molecule is CCCc1cc(=O)[nH]c(SCCC(C)CCBr)n1. The Hall–Kier alpha value is -0.290. The van der Waals surface area contributed by atoms with Crippen molar-refractivity contribution in [3.63, 3.8) is 0 Å². The van der Waals surface area contributed by atoms with Gasteiger partial charge in [-0.1, -0.05) is 48.0 Å². The topological polar surface area (TPSA) is 45.8 Å². The number of hydrogen-bond acceptors (Lipinski definition) is 3. The third-order valence-corrected chi connectivity index (χ3v) is 4.09. The van der Waals surface area contributed by atoms with Gasteiger partial charge in [0.1, 0.15) is 0 Å². The number of halogens is 1. The van der Waals surface area contributed by atoms with Crippen LogP contribution in [0.2, 0.25) is 0 Å². The number of nitrogens with one attached hydrogen (secondary N) is 1. The summed E-state index contributed by atoms with van der Waals surface area (Å²) in [5.41, 5.74) is 0.863. The van der Waals surface area contributed by atoms with Crippen LogP contribution in [-0.2, 0) is 6.42 Å². The lowest BCUT2D eigenvalue weighted by atomic mass is 10.1. The Balaban J connectivity index is 2.49. The maximum absolute atomic E-state index is 11.5. The van der Waals surface area contributed by atoms with Gasteiger partial charge < -0.3 is 4.98 Å². The molecule has 1 N–H and O–H groups in total. The van der Waals surface area contributed by atoms with Gasteiger partial charge in [-0.15, -0.1) is 0 Å². The highest BCUT2D eigenvalue weighted by Gasteiger charge is 2.04. The van der Waals surface area contributed by atoms with Crippen LogP contribution in [0.25, 0.3) is 0 Å². The predicted octanol–water partition coefficient (Wildman–Crippen LogP) is 3.63. The molecule has 1 unspecified atom stereocenters. The maximum atomic E-state index is 11.5. The minimum absolute atomic E-state index is 0.0375. The number of aryl methyl sites for hydroxylation is 1. The Bertz CT molecular complexity index is 408. The van der Waals surface area contributed by atoms with E-state index in [0.717, 1.165) is 41.2 Å². The molecule has 0 bridgehead atoms. The van der Waals surface area contributed by atoms with E-state index in [-0.39, 0.29) is 5.56 Å². The molecule has 1 atom stereocenters. The summed E-state index contributed by atoms with van der Waals surface area (Å²) in [4.78, 5) is 18.7. The third kappa shape index (κ3) is 6.05. The van der Waals surface area contributed by atoms with Crippen LogP contribution in [-0.4, -0.2) is 21.1 Å². The summed E-state index contributed by atoms with van der Waals surface area (Å²) in [7, 11) is 0. The molecular formula is C13H21BrN2OS. The van der Waals surface area contributed by atoms with E-state index < -0.39 is 0 Å². The summed E-state index contributed by atoms with van der Waals surface area (Å²) >= 11 is 5.10. The minimum atomic E-state index is -0.0375. The summed E-state index contributed by atoms with van der Waals surface area (Å²) in [5.74, 6) is 1.72. The fourth-order valence-electron chi connectivity index (χ4n) is 1.62. The molecule has 5 heteroatoms. The van der Waals surface area contributed by atoms with Gasteiger partial charge in [-0.3, -0.25) is 4.79 Å². The molecule has 0 spiro atoms. The zero-order valence-corrected chi connectivity index (χ0v) is 13.4. The average molecular weight is 333 g/mol. The number of hydrogen-bond donors (Lipinski definition) is 1. The van der Waals surface area contributed by atoms with E-state index in [1.165, 1.54) is 6.42 Å². The lowest BCUT2D eigenvalue weighted by Crippen LogP contribution is -2.10. The Morgan fingerprint density at radius 1 is 1.50 bits per heavy atom. The number of aromatic amines is 1. The molecular weight excluding hydrogens is 312 g/mol. The molecule has 0 aromatic carbocycles. The molecule has 0 amide bonds. The molecule has 1 aromatic heterocycles. The van der Waals surface area contributed by atoms with E-state index >= 15 is 0 Å². The van der Waals surface area contributed by atoms with Crippen LogP contribution in [0.3, 0.4) is 0 Å². The first-order chi connectivity index (χ1) is 8.65. The summed E-state index contributed by atoms with van der Waals surface area (Å²) < 4.78 is 0. The second kappa shape index (κ2) is 8.75. The molecule has 1 aromatic rings. The van der Waals surface area contributed by atoms with Crippen LogP contribution in [0, 0.1) is 5.92 Å². The summed E-state index contributed by atoms with van der Waals surface area (Å²) in [6.45, 7) is 4.35. The van der Waals surface area contributed by atoms with Crippen LogP contribution in [0.15, 0.2) is 16.0 Å². The molecule has 18 heavy (non-hydrogen) atoms. The zero-order valence-electron chi connectivity index (χ0n) is 11.0. The highest BCUT2D eigenvalue weighted by atomic mass is 79.9. The Morgan fingerprint density at radius 3 is 2.94 bits per heavy atom. The molecule has 0 radical (unpaired) electrons. The van der Waals surface area contributed by atoms with Crippen molar-refractivity contribution in [2.24, 2.45) is 5.92 Å². The summed E-state index contributed by atoms with van der Waals surface area (Å²) in [5, 5.41) is 1.82. The van der Waals surface area contributed by atoms with Crippen LogP contribution in [0.4, 0.5) is 0 Å². The van der Waals surface area contributed by atoms with Crippen molar-refractivity contribution in [2.45, 2.75) is 44.7 Å². The fraction of sp³-hybridized carbons (Fsp3) is 0.692. The van der Waals surface area contributed by atoms with E-state index in [9.17, 15) is 4.79 Å². The number of thioether (sulfide) groups is 1. The third-order valence-electron chi connectivity index (χ3n) is 2.73. The second-order valence-corrected chi connectivity index (χ2v) is 6.39. The normalized spacial score (nSPS) is 12.6. The number of rotatable bonds is 8. The smallest absolute Gasteiger partial charge is 0.251 e. The van der Waals surface area contributed by atoms with Gasteiger partial charge in [0.15, 0.2) is 5.16 Å². The second-order valence-electron chi connectivity index (χ2n) is 4.51. The minimum Gasteiger partial charge on any atom is -0.301 e. The van der Waals surface area contributed by atoms with Gasteiger partial charge in [0.2, 0.25) is 0 Å². The van der Waals surface area contributed by atoms with Crippen molar-refractivity contribution in [2.75, 3.05) is 11.1 Å². The fourth-order valence-corrected chi connectivity index (χ4v) is 3.47. The van der Waals surface area contributed by atoms with Gasteiger partial charge in [0.25, 0.3) is 5.56 Å². The maximum Gasteiger partial charge on any atom is 0.251 e. The number of aromatic nitrogens is 2. The summed E-state index contributed by atoms with van der Waals surface area (Å²) in [6, 6.07) is 1.60. The number of nitrogens with zero attached hydrogens (tertiary/aromatic N) is 1. The lowest BCUT2D eigenvalue weighted by molar-refractivity contribution is 0.554.